The average molecular weight is 265 g/mol. The van der Waals surface area contributed by atoms with Gasteiger partial charge in [-0.15, -0.1) is 0 Å². The van der Waals surface area contributed by atoms with Crippen LogP contribution in [0.5, 0.6) is 5.75 Å². The van der Waals surface area contributed by atoms with Crippen LogP contribution in [0.25, 0.3) is 0 Å². The minimum absolute atomic E-state index is 0.214. The molecule has 5 nitrogen and oxygen atoms in total. The van der Waals surface area contributed by atoms with Gasteiger partial charge in [0, 0.05) is 17.4 Å². The maximum atomic E-state index is 5.79. The Hall–Kier alpha value is -1.69. The maximum Gasteiger partial charge on any atom is 0.119 e. The lowest BCUT2D eigenvalue weighted by molar-refractivity contribution is 0.264. The van der Waals surface area contributed by atoms with E-state index in [9.17, 15) is 0 Å². The van der Waals surface area contributed by atoms with Gasteiger partial charge in [-0.1, -0.05) is 11.6 Å². The van der Waals surface area contributed by atoms with Crippen molar-refractivity contribution in [3.05, 3.63) is 53.6 Å². The third kappa shape index (κ3) is 3.40. The van der Waals surface area contributed by atoms with Gasteiger partial charge in [0.05, 0.1) is 17.9 Å². The Morgan fingerprint density at radius 2 is 2.06 bits per heavy atom. The van der Waals surface area contributed by atoms with E-state index in [0.717, 1.165) is 11.4 Å². The molecule has 1 unspecified atom stereocenters. The number of aromatic nitrogens is 2. The van der Waals surface area contributed by atoms with Crippen molar-refractivity contribution in [3.63, 3.8) is 0 Å². The molecule has 0 bridgehead atoms. The van der Waals surface area contributed by atoms with E-state index in [4.69, 9.17) is 22.2 Å². The van der Waals surface area contributed by atoms with Gasteiger partial charge in [-0.3, -0.25) is 15.8 Å². The highest BCUT2D eigenvalue weighted by molar-refractivity contribution is 6.30. The van der Waals surface area contributed by atoms with Crippen molar-refractivity contribution >= 4 is 11.6 Å². The largest absolute Gasteiger partial charge is 0.491 e. The molecule has 0 amide bonds. The van der Waals surface area contributed by atoms with Gasteiger partial charge >= 0.3 is 0 Å². The molecule has 0 spiro atoms. The van der Waals surface area contributed by atoms with Crippen LogP contribution in [0, 0.1) is 0 Å². The normalized spacial score (nSPS) is 12.1. The Labute approximate surface area is 110 Å². The maximum absolute atomic E-state index is 5.79. The summed E-state index contributed by atoms with van der Waals surface area (Å²) in [4.78, 5) is 8.16. The molecule has 2 aromatic rings. The van der Waals surface area contributed by atoms with Gasteiger partial charge in [0.1, 0.15) is 12.4 Å². The molecule has 1 aromatic heterocycles. The van der Waals surface area contributed by atoms with Crippen molar-refractivity contribution in [1.29, 1.82) is 0 Å². The number of nitrogens with zero attached hydrogens (tertiary/aromatic N) is 2. The molecule has 1 heterocycles. The predicted molar refractivity (Wildman–Crippen MR) is 69.0 cm³/mol. The van der Waals surface area contributed by atoms with Crippen molar-refractivity contribution < 1.29 is 4.74 Å². The third-order valence-electron chi connectivity index (χ3n) is 2.37. The Morgan fingerprint density at radius 1 is 1.28 bits per heavy atom. The number of nitrogens with two attached hydrogens (primary N) is 1. The zero-order chi connectivity index (χ0) is 12.8. The molecule has 0 aliphatic carbocycles. The Morgan fingerprint density at radius 3 is 2.67 bits per heavy atom. The van der Waals surface area contributed by atoms with Crippen LogP contribution in [0.3, 0.4) is 0 Å². The highest BCUT2D eigenvalue weighted by Gasteiger charge is 2.11. The summed E-state index contributed by atoms with van der Waals surface area (Å²) in [5, 5.41) is 0.671. The molecule has 0 radical (unpaired) electrons. The van der Waals surface area contributed by atoms with E-state index in [1.807, 2.05) is 0 Å². The Balaban J connectivity index is 1.97. The first-order valence-corrected chi connectivity index (χ1v) is 5.78. The number of halogens is 1. The van der Waals surface area contributed by atoms with Gasteiger partial charge in [-0.05, 0) is 24.3 Å². The first-order chi connectivity index (χ1) is 8.79. The number of rotatable bonds is 5. The molecular formula is C12H13ClN4O. The summed E-state index contributed by atoms with van der Waals surface area (Å²) >= 11 is 5.79. The quantitative estimate of drug-likeness (QED) is 0.635. The molecule has 0 saturated heterocycles. The number of nitrogens with one attached hydrogen (secondary N) is 1. The first kappa shape index (κ1) is 12.8. The molecule has 18 heavy (non-hydrogen) atoms. The minimum atomic E-state index is -0.214. The molecule has 3 N–H and O–H groups in total. The Bertz CT molecular complexity index is 477. The second-order valence-corrected chi connectivity index (χ2v) is 4.05. The standard InChI is InChI=1S/C12H13ClN4O/c13-9-1-3-10(4-2-9)18-8-12(17-14)11-7-15-5-6-16-11/h1-7,12,17H,8,14H2. The molecular weight excluding hydrogens is 252 g/mol. The molecule has 6 heteroatoms. The van der Waals surface area contributed by atoms with E-state index < -0.39 is 0 Å². The Kier molecular flexibility index (Phi) is 4.46. The van der Waals surface area contributed by atoms with Gasteiger partial charge in [0.25, 0.3) is 0 Å². The number of benzene rings is 1. The van der Waals surface area contributed by atoms with E-state index in [0.29, 0.717) is 11.6 Å². The van der Waals surface area contributed by atoms with Crippen LogP contribution in [0.1, 0.15) is 11.7 Å². The van der Waals surface area contributed by atoms with Gasteiger partial charge in [-0.2, -0.15) is 0 Å². The highest BCUT2D eigenvalue weighted by Crippen LogP contribution is 2.17. The molecule has 1 atom stereocenters. The van der Waals surface area contributed by atoms with Crippen molar-refractivity contribution in [2.24, 2.45) is 5.84 Å². The summed E-state index contributed by atoms with van der Waals surface area (Å²) in [7, 11) is 0. The summed E-state index contributed by atoms with van der Waals surface area (Å²) < 4.78 is 5.60. The van der Waals surface area contributed by atoms with E-state index in [1.54, 1.807) is 42.9 Å². The second-order valence-electron chi connectivity index (χ2n) is 3.61. The number of ether oxygens (including phenoxy) is 1. The SMILES string of the molecule is NNC(COc1ccc(Cl)cc1)c1cnccn1. The average Bonchev–Trinajstić information content (AvgIpc) is 2.43. The van der Waals surface area contributed by atoms with E-state index in [1.165, 1.54) is 0 Å². The monoisotopic (exact) mass is 264 g/mol. The van der Waals surface area contributed by atoms with Crippen LogP contribution in [0.2, 0.25) is 5.02 Å². The molecule has 94 valence electrons. The molecule has 0 fully saturated rings. The van der Waals surface area contributed by atoms with Crippen LogP contribution in [-0.4, -0.2) is 16.6 Å². The molecule has 2 rings (SSSR count). The van der Waals surface area contributed by atoms with E-state index in [-0.39, 0.29) is 6.04 Å². The van der Waals surface area contributed by atoms with Crippen molar-refractivity contribution in [2.75, 3.05) is 6.61 Å². The number of hydrazine groups is 1. The van der Waals surface area contributed by atoms with Gasteiger partial charge < -0.3 is 4.74 Å². The first-order valence-electron chi connectivity index (χ1n) is 5.40. The van der Waals surface area contributed by atoms with Crippen LogP contribution >= 0.6 is 11.6 Å². The van der Waals surface area contributed by atoms with Gasteiger partial charge in [-0.25, -0.2) is 5.43 Å². The smallest absolute Gasteiger partial charge is 0.119 e. The van der Waals surface area contributed by atoms with Gasteiger partial charge in [0.15, 0.2) is 0 Å². The fourth-order valence-corrected chi connectivity index (χ4v) is 1.55. The lowest BCUT2D eigenvalue weighted by Crippen LogP contribution is -2.33. The molecule has 0 saturated carbocycles. The van der Waals surface area contributed by atoms with Crippen LogP contribution in [0.4, 0.5) is 0 Å². The molecule has 0 aliphatic heterocycles. The molecule has 0 aliphatic rings. The third-order valence-corrected chi connectivity index (χ3v) is 2.62. The summed E-state index contributed by atoms with van der Waals surface area (Å²) in [6.45, 7) is 0.358. The summed E-state index contributed by atoms with van der Waals surface area (Å²) in [5.74, 6) is 6.20. The summed E-state index contributed by atoms with van der Waals surface area (Å²) in [6, 6.07) is 6.92. The number of hydrogen-bond acceptors (Lipinski definition) is 5. The fourth-order valence-electron chi connectivity index (χ4n) is 1.42. The summed E-state index contributed by atoms with van der Waals surface area (Å²) in [5.41, 5.74) is 3.38. The van der Waals surface area contributed by atoms with Crippen LogP contribution in [0.15, 0.2) is 42.9 Å². The minimum Gasteiger partial charge on any atom is -0.491 e. The van der Waals surface area contributed by atoms with Crippen molar-refractivity contribution in [1.82, 2.24) is 15.4 Å². The number of hydrogen-bond donors (Lipinski definition) is 2. The zero-order valence-corrected chi connectivity index (χ0v) is 10.3. The topological polar surface area (TPSA) is 73.1 Å². The predicted octanol–water partition coefficient (Wildman–Crippen LogP) is 1.71. The van der Waals surface area contributed by atoms with E-state index in [2.05, 4.69) is 15.4 Å². The highest BCUT2D eigenvalue weighted by atomic mass is 35.5. The van der Waals surface area contributed by atoms with Crippen LogP contribution in [-0.2, 0) is 0 Å². The van der Waals surface area contributed by atoms with Crippen LogP contribution < -0.4 is 16.0 Å². The van der Waals surface area contributed by atoms with Crippen molar-refractivity contribution in [3.8, 4) is 5.75 Å². The lowest BCUT2D eigenvalue weighted by Gasteiger charge is -2.15. The summed E-state index contributed by atoms with van der Waals surface area (Å²) in [6.07, 6.45) is 4.87. The van der Waals surface area contributed by atoms with Crippen molar-refractivity contribution in [2.45, 2.75) is 6.04 Å². The zero-order valence-electron chi connectivity index (χ0n) is 9.58. The lowest BCUT2D eigenvalue weighted by atomic mass is 10.2. The molecule has 1 aromatic carbocycles. The second kappa shape index (κ2) is 6.30. The van der Waals surface area contributed by atoms with E-state index >= 15 is 0 Å². The van der Waals surface area contributed by atoms with Gasteiger partial charge in [0.2, 0.25) is 0 Å². The fraction of sp³-hybridized carbons (Fsp3) is 0.167.